The van der Waals surface area contributed by atoms with Crippen LogP contribution in [-0.4, -0.2) is 4.57 Å². The zero-order valence-corrected chi connectivity index (χ0v) is 34.2. The molecule has 0 saturated carbocycles. The van der Waals surface area contributed by atoms with Crippen molar-refractivity contribution >= 4 is 61.6 Å². The maximum Gasteiger partial charge on any atom is 0.158 e. The van der Waals surface area contributed by atoms with Gasteiger partial charge in [0.2, 0.25) is 0 Å². The molecule has 0 saturated heterocycles. The molecule has 63 heavy (non-hydrogen) atoms. The van der Waals surface area contributed by atoms with E-state index in [1.54, 1.807) is 0 Å². The predicted molar refractivity (Wildman–Crippen MR) is 265 cm³/mol. The molecular formula is C60H42N3+. The Bertz CT molecular complexity index is 3650. The minimum atomic E-state index is -0.409. The Labute approximate surface area is 374 Å². The number of aromatic nitrogens is 1. The Kier molecular flexibility index (Phi) is 7.54. The van der Waals surface area contributed by atoms with E-state index in [1.165, 1.54) is 22.0 Å². The molecule has 0 unspecified atom stereocenters. The minimum absolute atomic E-state index is 0.172. The van der Waals surface area contributed by atoms with Crippen molar-refractivity contribution in [2.24, 2.45) is 0 Å². The molecule has 2 heterocycles. The lowest BCUT2D eigenvalue weighted by atomic mass is 10.0. The number of hydrogen-bond acceptors (Lipinski definition) is 1. The van der Waals surface area contributed by atoms with Gasteiger partial charge in [-0.2, -0.15) is 4.48 Å². The fourth-order valence-electron chi connectivity index (χ4n) is 9.73. The molecule has 0 amide bonds. The van der Waals surface area contributed by atoms with Crippen molar-refractivity contribution in [1.82, 2.24) is 9.05 Å². The number of rotatable bonds is 8. The number of quaternary nitrogens is 1. The second kappa shape index (κ2) is 15.0. The van der Waals surface area contributed by atoms with Crippen LogP contribution >= 0.6 is 0 Å². The molecule has 0 aliphatic carbocycles. The molecule has 296 valence electrons. The lowest BCUT2D eigenvalue weighted by molar-refractivity contribution is 0.721. The fourth-order valence-corrected chi connectivity index (χ4v) is 9.73. The third-order valence-corrected chi connectivity index (χ3v) is 12.5. The van der Waals surface area contributed by atoms with Gasteiger partial charge in [0.1, 0.15) is 11.4 Å². The van der Waals surface area contributed by atoms with Gasteiger partial charge in [0.25, 0.3) is 0 Å². The van der Waals surface area contributed by atoms with Crippen molar-refractivity contribution < 1.29 is 6.85 Å². The Balaban J connectivity index is 1.03. The molecule has 1 aliphatic heterocycles. The molecular weight excluding hydrogens is 763 g/mol. The Morgan fingerprint density at radius 2 is 0.889 bits per heavy atom. The van der Waals surface area contributed by atoms with Gasteiger partial charge in [-0.05, 0) is 95.1 Å². The summed E-state index contributed by atoms with van der Waals surface area (Å²) in [5.74, 6) is 0. The van der Waals surface area contributed by atoms with E-state index in [0.29, 0.717) is 10.0 Å². The maximum atomic E-state index is 8.72. The van der Waals surface area contributed by atoms with E-state index < -0.39 is 6.04 Å². The molecule has 0 fully saturated rings. The van der Waals surface area contributed by atoms with Crippen molar-refractivity contribution in [2.45, 2.75) is 0 Å². The number of nitrogens with zero attached hydrogens (tertiary/aromatic N) is 3. The molecule has 3 heteroatoms. The second-order valence-corrected chi connectivity index (χ2v) is 15.9. The third kappa shape index (κ3) is 5.94. The van der Waals surface area contributed by atoms with Gasteiger partial charge >= 0.3 is 0 Å². The molecule has 1 aliphatic rings. The van der Waals surface area contributed by atoms with Crippen LogP contribution in [0.1, 0.15) is 6.85 Å². The Morgan fingerprint density at radius 3 is 1.57 bits per heavy atom. The fraction of sp³-hybridized carbons (Fsp3) is 0. The number of anilines is 3. The van der Waals surface area contributed by atoms with Gasteiger partial charge in [-0.1, -0.05) is 145 Å². The zero-order valence-electron chi connectivity index (χ0n) is 39.2. The summed E-state index contributed by atoms with van der Waals surface area (Å²) in [5.41, 5.74) is 15.9. The largest absolute Gasteiger partial charge is 0.310 e. The Hall–Kier alpha value is -8.24. The normalized spacial score (nSPS) is 13.7. The van der Waals surface area contributed by atoms with Crippen LogP contribution in [0.3, 0.4) is 0 Å². The monoisotopic (exact) mass is 809 g/mol. The number of fused-ring (bicyclic) bond motifs is 6. The zero-order chi connectivity index (χ0) is 46.1. The standard InChI is InChI=1S/C60H42N3/c1-5-17-43(18-6-1)44-29-34-48(35-30-44)61(49-36-31-45(32-37-49)46-33-40-58-56(41-46)53-25-13-15-27-57(53)62(58)47-19-7-2-8-20-47)50-38-39-55-54-26-14-16-28-59(54)63(60(55)42-50,51-21-9-3-10-22-51)52-23-11-4-12-24-52/h1-42H/q+1/i1D,5D,6D,17D,18D. The van der Waals surface area contributed by atoms with Gasteiger partial charge in [0.15, 0.2) is 11.4 Å². The summed E-state index contributed by atoms with van der Waals surface area (Å²) in [6.07, 6.45) is 0. The van der Waals surface area contributed by atoms with Crippen LogP contribution in [0.4, 0.5) is 39.8 Å². The van der Waals surface area contributed by atoms with Gasteiger partial charge in [-0.3, -0.25) is 0 Å². The van der Waals surface area contributed by atoms with Gasteiger partial charge in [0, 0.05) is 64.2 Å². The van der Waals surface area contributed by atoms with E-state index >= 15 is 0 Å². The number of benzene rings is 10. The van der Waals surface area contributed by atoms with Crippen LogP contribution in [0.25, 0.3) is 60.9 Å². The summed E-state index contributed by atoms with van der Waals surface area (Å²) >= 11 is 0. The van der Waals surface area contributed by atoms with Gasteiger partial charge in [0.05, 0.1) is 34.7 Å². The van der Waals surface area contributed by atoms with Crippen molar-refractivity contribution in [3.63, 3.8) is 0 Å². The molecule has 1 aromatic heterocycles. The topological polar surface area (TPSA) is 8.17 Å². The summed E-state index contributed by atoms with van der Waals surface area (Å²) in [6.45, 7) is 0. The quantitative estimate of drug-likeness (QED) is 0.139. The molecule has 11 aromatic rings. The lowest BCUT2D eigenvalue weighted by Crippen LogP contribution is -2.31. The van der Waals surface area contributed by atoms with E-state index in [-0.39, 0.29) is 29.7 Å². The lowest BCUT2D eigenvalue weighted by Gasteiger charge is -2.35. The molecule has 0 spiro atoms. The molecule has 0 atom stereocenters. The van der Waals surface area contributed by atoms with Crippen molar-refractivity contribution in [3.05, 3.63) is 255 Å². The summed E-state index contributed by atoms with van der Waals surface area (Å²) in [5, 5.41) is 2.38. The first kappa shape index (κ1) is 31.6. The van der Waals surface area contributed by atoms with Crippen molar-refractivity contribution in [2.75, 3.05) is 4.90 Å². The first-order valence-electron chi connectivity index (χ1n) is 23.7. The molecule has 0 radical (unpaired) electrons. The van der Waals surface area contributed by atoms with Crippen LogP contribution in [-0.2, 0) is 0 Å². The molecule has 12 rings (SSSR count). The molecule has 3 nitrogen and oxygen atoms in total. The van der Waals surface area contributed by atoms with E-state index in [2.05, 4.69) is 204 Å². The highest BCUT2D eigenvalue weighted by atomic mass is 15.4. The average Bonchev–Trinajstić information content (AvgIpc) is 3.89. The molecule has 0 bridgehead atoms. The first-order chi connectivity index (χ1) is 33.3. The van der Waals surface area contributed by atoms with Crippen LogP contribution in [0.2, 0.25) is 0 Å². The average molecular weight is 810 g/mol. The highest BCUT2D eigenvalue weighted by Crippen LogP contribution is 2.63. The second-order valence-electron chi connectivity index (χ2n) is 15.9. The summed E-state index contributed by atoms with van der Waals surface area (Å²) in [4.78, 5) is 2.24. The van der Waals surface area contributed by atoms with E-state index in [1.807, 2.05) is 30.3 Å². The smallest absolute Gasteiger partial charge is 0.158 e. The summed E-state index contributed by atoms with van der Waals surface area (Å²) in [7, 11) is 0. The Morgan fingerprint density at radius 1 is 0.365 bits per heavy atom. The van der Waals surface area contributed by atoms with Gasteiger partial charge in [-0.25, -0.2) is 0 Å². The number of hydrogen-bond donors (Lipinski definition) is 0. The molecule has 0 N–H and O–H groups in total. The van der Waals surface area contributed by atoms with Crippen molar-refractivity contribution in [3.8, 4) is 39.1 Å². The van der Waals surface area contributed by atoms with Crippen LogP contribution in [0.15, 0.2) is 255 Å². The highest BCUT2D eigenvalue weighted by Gasteiger charge is 2.48. The van der Waals surface area contributed by atoms with Gasteiger partial charge in [-0.15, -0.1) is 0 Å². The van der Waals surface area contributed by atoms with Crippen LogP contribution in [0.5, 0.6) is 0 Å². The van der Waals surface area contributed by atoms with E-state index in [4.69, 9.17) is 6.85 Å². The predicted octanol–water partition coefficient (Wildman–Crippen LogP) is 16.9. The van der Waals surface area contributed by atoms with E-state index in [0.717, 1.165) is 67.5 Å². The highest BCUT2D eigenvalue weighted by molar-refractivity contribution is 6.10. The SMILES string of the molecule is [2H]c1c([2H])c([2H])c(-c2ccc(N(c3ccc(-c4ccc5c(c4)c4ccccc4n5-c4ccccc4)cc3)c3ccc4c(c3)[N+](c3ccccc3)(c3ccccc3)c3ccccc3-4)cc2)c([2H])c1[2H]. The van der Waals surface area contributed by atoms with Crippen molar-refractivity contribution in [1.29, 1.82) is 0 Å². The third-order valence-electron chi connectivity index (χ3n) is 12.5. The molecule has 10 aromatic carbocycles. The minimum Gasteiger partial charge on any atom is -0.310 e. The number of para-hydroxylation sites is 5. The summed E-state index contributed by atoms with van der Waals surface area (Å²) in [6, 6.07) is 77.3. The van der Waals surface area contributed by atoms with Crippen LogP contribution in [0, 0.1) is 0 Å². The van der Waals surface area contributed by atoms with E-state index in [9.17, 15) is 0 Å². The first-order valence-corrected chi connectivity index (χ1v) is 21.2. The van der Waals surface area contributed by atoms with Crippen LogP contribution < -0.4 is 9.38 Å². The van der Waals surface area contributed by atoms with Gasteiger partial charge < -0.3 is 9.47 Å². The maximum absolute atomic E-state index is 8.72. The summed E-state index contributed by atoms with van der Waals surface area (Å²) < 4.78 is 45.1.